The number of nitrogens with one attached hydrogen (secondary N) is 2. The highest BCUT2D eigenvalue weighted by Gasteiger charge is 2.06. The summed E-state index contributed by atoms with van der Waals surface area (Å²) in [4.78, 5) is 12.8. The SMILES string of the molecule is CCCNC(C)c1cccc(SCC(=O)NCCOC)c1. The molecule has 0 heterocycles. The van der Waals surface area contributed by atoms with Crippen molar-refractivity contribution in [3.63, 3.8) is 0 Å². The second-order valence-corrected chi connectivity index (χ2v) is 5.93. The Morgan fingerprint density at radius 3 is 2.90 bits per heavy atom. The summed E-state index contributed by atoms with van der Waals surface area (Å²) in [6.07, 6.45) is 1.13. The van der Waals surface area contributed by atoms with Crippen LogP contribution in [0, 0.1) is 0 Å². The molecule has 118 valence electrons. The molecule has 4 nitrogen and oxygen atoms in total. The molecule has 0 aliphatic heterocycles. The van der Waals surface area contributed by atoms with E-state index in [1.165, 1.54) is 5.56 Å². The highest BCUT2D eigenvalue weighted by Crippen LogP contribution is 2.22. The van der Waals surface area contributed by atoms with Crippen LogP contribution in [0.3, 0.4) is 0 Å². The molecule has 1 atom stereocenters. The molecular formula is C16H26N2O2S. The van der Waals surface area contributed by atoms with Crippen LogP contribution >= 0.6 is 11.8 Å². The smallest absolute Gasteiger partial charge is 0.230 e. The maximum Gasteiger partial charge on any atom is 0.230 e. The molecule has 0 saturated carbocycles. The van der Waals surface area contributed by atoms with E-state index in [0.29, 0.717) is 24.9 Å². The minimum absolute atomic E-state index is 0.0413. The van der Waals surface area contributed by atoms with Crippen molar-refractivity contribution >= 4 is 17.7 Å². The fourth-order valence-corrected chi connectivity index (χ4v) is 2.64. The van der Waals surface area contributed by atoms with Gasteiger partial charge in [0.2, 0.25) is 5.91 Å². The van der Waals surface area contributed by atoms with Crippen LogP contribution in [0.15, 0.2) is 29.2 Å². The van der Waals surface area contributed by atoms with E-state index in [2.05, 4.69) is 36.6 Å². The second kappa shape index (κ2) is 10.7. The fraction of sp³-hybridized carbons (Fsp3) is 0.562. The fourth-order valence-electron chi connectivity index (χ4n) is 1.84. The third kappa shape index (κ3) is 7.50. The topological polar surface area (TPSA) is 50.4 Å². The van der Waals surface area contributed by atoms with Crippen LogP contribution in [0.5, 0.6) is 0 Å². The van der Waals surface area contributed by atoms with E-state index >= 15 is 0 Å². The Labute approximate surface area is 132 Å². The largest absolute Gasteiger partial charge is 0.383 e. The summed E-state index contributed by atoms with van der Waals surface area (Å²) in [5.41, 5.74) is 1.26. The van der Waals surface area contributed by atoms with Crippen LogP contribution in [0.2, 0.25) is 0 Å². The van der Waals surface area contributed by atoms with Crippen molar-refractivity contribution in [2.75, 3.05) is 32.6 Å². The predicted molar refractivity (Wildman–Crippen MR) is 88.8 cm³/mol. The zero-order valence-corrected chi connectivity index (χ0v) is 14.0. The molecule has 0 aliphatic rings. The summed E-state index contributed by atoms with van der Waals surface area (Å²) < 4.78 is 4.90. The number of hydrogen-bond donors (Lipinski definition) is 2. The molecule has 1 amide bonds. The van der Waals surface area contributed by atoms with E-state index < -0.39 is 0 Å². The van der Waals surface area contributed by atoms with Crippen LogP contribution in [0.1, 0.15) is 31.9 Å². The Morgan fingerprint density at radius 1 is 1.38 bits per heavy atom. The first kappa shape index (κ1) is 18.0. The normalized spacial score (nSPS) is 12.1. The maximum atomic E-state index is 11.7. The number of amides is 1. The van der Waals surface area contributed by atoms with Gasteiger partial charge in [-0.05, 0) is 37.6 Å². The van der Waals surface area contributed by atoms with Gasteiger partial charge in [0.05, 0.1) is 12.4 Å². The average molecular weight is 310 g/mol. The highest BCUT2D eigenvalue weighted by molar-refractivity contribution is 8.00. The molecule has 1 unspecified atom stereocenters. The first-order chi connectivity index (χ1) is 10.2. The molecule has 5 heteroatoms. The molecule has 1 aromatic rings. The van der Waals surface area contributed by atoms with E-state index in [-0.39, 0.29) is 5.91 Å². The van der Waals surface area contributed by atoms with Gasteiger partial charge in [-0.3, -0.25) is 4.79 Å². The Morgan fingerprint density at radius 2 is 2.19 bits per heavy atom. The lowest BCUT2D eigenvalue weighted by Crippen LogP contribution is -2.28. The van der Waals surface area contributed by atoms with Gasteiger partial charge in [0.1, 0.15) is 0 Å². The van der Waals surface area contributed by atoms with E-state index in [0.717, 1.165) is 17.9 Å². The van der Waals surface area contributed by atoms with Crippen LogP contribution in [-0.4, -0.2) is 38.5 Å². The van der Waals surface area contributed by atoms with Crippen molar-refractivity contribution in [3.8, 4) is 0 Å². The Bertz CT molecular complexity index is 426. The van der Waals surface area contributed by atoms with E-state index in [1.807, 2.05) is 12.1 Å². The molecule has 0 bridgehead atoms. The van der Waals surface area contributed by atoms with E-state index in [1.54, 1.807) is 18.9 Å². The van der Waals surface area contributed by atoms with Gasteiger partial charge in [0, 0.05) is 24.6 Å². The van der Waals surface area contributed by atoms with Gasteiger partial charge in [-0.15, -0.1) is 11.8 Å². The molecule has 0 aromatic heterocycles. The quantitative estimate of drug-likeness (QED) is 0.515. The molecule has 0 aliphatic carbocycles. The molecule has 1 rings (SSSR count). The summed E-state index contributed by atoms with van der Waals surface area (Å²) in [6.45, 7) is 6.45. The molecule has 0 fully saturated rings. The lowest BCUT2D eigenvalue weighted by Gasteiger charge is -2.14. The van der Waals surface area contributed by atoms with Gasteiger partial charge in [-0.2, -0.15) is 0 Å². The molecule has 21 heavy (non-hydrogen) atoms. The zero-order chi connectivity index (χ0) is 15.5. The summed E-state index contributed by atoms with van der Waals surface area (Å²) in [5.74, 6) is 0.476. The first-order valence-corrected chi connectivity index (χ1v) is 8.37. The summed E-state index contributed by atoms with van der Waals surface area (Å²) in [5, 5.41) is 6.29. The minimum Gasteiger partial charge on any atom is -0.383 e. The zero-order valence-electron chi connectivity index (χ0n) is 13.1. The van der Waals surface area contributed by atoms with Gasteiger partial charge in [-0.25, -0.2) is 0 Å². The van der Waals surface area contributed by atoms with Gasteiger partial charge in [-0.1, -0.05) is 19.1 Å². The molecule has 0 radical (unpaired) electrons. The van der Waals surface area contributed by atoms with Crippen LogP contribution < -0.4 is 10.6 Å². The van der Waals surface area contributed by atoms with E-state index in [9.17, 15) is 4.79 Å². The van der Waals surface area contributed by atoms with Crippen molar-refractivity contribution in [1.82, 2.24) is 10.6 Å². The molecule has 0 saturated heterocycles. The molecule has 1 aromatic carbocycles. The minimum atomic E-state index is 0.0413. The predicted octanol–water partition coefficient (Wildman–Crippen LogP) is 2.60. The Hall–Kier alpha value is -1.04. The number of ether oxygens (including phenoxy) is 1. The molecule has 2 N–H and O–H groups in total. The van der Waals surface area contributed by atoms with Gasteiger partial charge in [0.15, 0.2) is 0 Å². The third-order valence-corrected chi connectivity index (χ3v) is 4.05. The van der Waals surface area contributed by atoms with Gasteiger partial charge in [0.25, 0.3) is 0 Å². The van der Waals surface area contributed by atoms with Gasteiger partial charge >= 0.3 is 0 Å². The second-order valence-electron chi connectivity index (χ2n) is 4.88. The number of hydrogen-bond acceptors (Lipinski definition) is 4. The lowest BCUT2D eigenvalue weighted by atomic mass is 10.1. The van der Waals surface area contributed by atoms with Crippen molar-refractivity contribution in [2.45, 2.75) is 31.2 Å². The van der Waals surface area contributed by atoms with Crippen LogP contribution in [-0.2, 0) is 9.53 Å². The van der Waals surface area contributed by atoms with Crippen LogP contribution in [0.4, 0.5) is 0 Å². The van der Waals surface area contributed by atoms with Crippen molar-refractivity contribution in [1.29, 1.82) is 0 Å². The Kier molecular flexibility index (Phi) is 9.14. The monoisotopic (exact) mass is 310 g/mol. The van der Waals surface area contributed by atoms with Crippen molar-refractivity contribution in [3.05, 3.63) is 29.8 Å². The van der Waals surface area contributed by atoms with Crippen LogP contribution in [0.25, 0.3) is 0 Å². The number of methoxy groups -OCH3 is 1. The highest BCUT2D eigenvalue weighted by atomic mass is 32.2. The summed E-state index contributed by atoms with van der Waals surface area (Å²) in [7, 11) is 1.63. The number of rotatable bonds is 10. The van der Waals surface area contributed by atoms with Crippen molar-refractivity contribution < 1.29 is 9.53 Å². The summed E-state index contributed by atoms with van der Waals surface area (Å²) >= 11 is 1.56. The third-order valence-electron chi connectivity index (χ3n) is 3.06. The van der Waals surface area contributed by atoms with Crippen molar-refractivity contribution in [2.24, 2.45) is 0 Å². The Balaban J connectivity index is 2.43. The number of thioether (sulfide) groups is 1. The maximum absolute atomic E-state index is 11.7. The summed E-state index contributed by atoms with van der Waals surface area (Å²) in [6, 6.07) is 8.70. The number of benzene rings is 1. The lowest BCUT2D eigenvalue weighted by molar-refractivity contribution is -0.118. The van der Waals surface area contributed by atoms with E-state index in [4.69, 9.17) is 4.74 Å². The molecule has 0 spiro atoms. The number of carbonyl (C=O) groups is 1. The first-order valence-electron chi connectivity index (χ1n) is 7.39. The average Bonchev–Trinajstić information content (AvgIpc) is 2.51. The standard InChI is InChI=1S/C16H26N2O2S/c1-4-8-17-13(2)14-6-5-7-15(11-14)21-12-16(19)18-9-10-20-3/h5-7,11,13,17H,4,8-10,12H2,1-3H3,(H,18,19). The van der Waals surface area contributed by atoms with Gasteiger partial charge < -0.3 is 15.4 Å². The number of carbonyl (C=O) groups excluding carboxylic acids is 1. The molecular weight excluding hydrogens is 284 g/mol.